The number of aromatic nitrogens is 3. The van der Waals surface area contributed by atoms with E-state index in [9.17, 15) is 9.90 Å². The number of phenolic OH excluding ortho intramolecular Hbond substituents is 1. The van der Waals surface area contributed by atoms with Gasteiger partial charge in [-0.05, 0) is 42.5 Å². The van der Waals surface area contributed by atoms with Crippen molar-refractivity contribution in [3.05, 3.63) is 67.0 Å². The molecule has 3 aromatic heterocycles. The Kier molecular flexibility index (Phi) is 4.63. The van der Waals surface area contributed by atoms with Gasteiger partial charge in [-0.15, -0.1) is 0 Å². The molecule has 30 heavy (non-hydrogen) atoms. The molecule has 7 nitrogen and oxygen atoms in total. The Morgan fingerprint density at radius 1 is 1.03 bits per heavy atom. The predicted octanol–water partition coefficient (Wildman–Crippen LogP) is 3.09. The van der Waals surface area contributed by atoms with Gasteiger partial charge >= 0.3 is 0 Å². The third-order valence-electron chi connectivity index (χ3n) is 5.63. The fraction of sp³-hybridized carbons (Fsp3) is 0.217. The van der Waals surface area contributed by atoms with Gasteiger partial charge in [0.1, 0.15) is 17.9 Å². The summed E-state index contributed by atoms with van der Waals surface area (Å²) < 4.78 is 1.98. The number of rotatable bonds is 4. The Labute approximate surface area is 174 Å². The second-order valence-corrected chi connectivity index (χ2v) is 7.53. The zero-order valence-electron chi connectivity index (χ0n) is 16.5. The van der Waals surface area contributed by atoms with Gasteiger partial charge in [0.05, 0.1) is 11.4 Å². The van der Waals surface area contributed by atoms with Crippen LogP contribution < -0.4 is 4.90 Å². The second kappa shape index (κ2) is 7.59. The summed E-state index contributed by atoms with van der Waals surface area (Å²) in [6.45, 7) is 3.14. The first-order chi connectivity index (χ1) is 14.7. The predicted molar refractivity (Wildman–Crippen MR) is 116 cm³/mol. The lowest BCUT2D eigenvalue weighted by molar-refractivity contribution is -0.132. The van der Waals surface area contributed by atoms with Crippen LogP contribution in [0.3, 0.4) is 0 Å². The number of phenols is 1. The number of carbonyl (C=O) groups excluding carboxylic acids is 1. The molecule has 4 aromatic rings. The monoisotopic (exact) mass is 401 g/mol. The quantitative estimate of drug-likeness (QED) is 0.551. The Hall–Kier alpha value is -3.74. The number of amides is 1. The summed E-state index contributed by atoms with van der Waals surface area (Å²) in [6, 6.07) is 17.2. The minimum atomic E-state index is 0.109. The number of pyridine rings is 1. The molecule has 1 amide bonds. The zero-order valence-corrected chi connectivity index (χ0v) is 16.5. The number of hydrogen-bond acceptors (Lipinski definition) is 4. The summed E-state index contributed by atoms with van der Waals surface area (Å²) in [5.41, 5.74) is 3.76. The molecule has 1 aliphatic heterocycles. The fourth-order valence-electron chi connectivity index (χ4n) is 4.04. The fourth-order valence-corrected chi connectivity index (χ4v) is 4.04. The van der Waals surface area contributed by atoms with E-state index in [1.165, 1.54) is 0 Å². The molecular weight excluding hydrogens is 378 g/mol. The highest BCUT2D eigenvalue weighted by Gasteiger charge is 2.22. The van der Waals surface area contributed by atoms with Crippen LogP contribution in [0.1, 0.15) is 0 Å². The Bertz CT molecular complexity index is 1150. The maximum absolute atomic E-state index is 12.9. The third-order valence-corrected chi connectivity index (χ3v) is 5.63. The van der Waals surface area contributed by atoms with Gasteiger partial charge < -0.3 is 24.5 Å². The van der Waals surface area contributed by atoms with Crippen molar-refractivity contribution >= 4 is 22.6 Å². The molecular formula is C23H23N5O2. The van der Waals surface area contributed by atoms with Gasteiger partial charge in [0.25, 0.3) is 0 Å². The summed E-state index contributed by atoms with van der Waals surface area (Å²) in [4.78, 5) is 24.7. The highest BCUT2D eigenvalue weighted by atomic mass is 16.3. The number of carbonyl (C=O) groups is 1. The molecule has 7 heteroatoms. The normalized spacial score (nSPS) is 14.4. The van der Waals surface area contributed by atoms with Gasteiger partial charge in [0.2, 0.25) is 5.91 Å². The summed E-state index contributed by atoms with van der Waals surface area (Å²) in [5, 5.41) is 10.7. The maximum Gasteiger partial charge on any atom is 0.242 e. The van der Waals surface area contributed by atoms with Crippen LogP contribution in [-0.4, -0.2) is 56.6 Å². The van der Waals surface area contributed by atoms with E-state index >= 15 is 0 Å². The van der Waals surface area contributed by atoms with E-state index in [1.807, 2.05) is 52.1 Å². The van der Waals surface area contributed by atoms with Crippen molar-refractivity contribution in [1.82, 2.24) is 19.4 Å². The van der Waals surface area contributed by atoms with Crippen LogP contribution in [0, 0.1) is 0 Å². The molecule has 0 spiro atoms. The van der Waals surface area contributed by atoms with Crippen LogP contribution in [0.25, 0.3) is 22.4 Å². The maximum atomic E-state index is 12.9. The number of H-pyrrole nitrogens is 1. The van der Waals surface area contributed by atoms with Crippen LogP contribution in [0.15, 0.2) is 67.0 Å². The Balaban J connectivity index is 1.26. The van der Waals surface area contributed by atoms with E-state index in [1.54, 1.807) is 18.3 Å². The van der Waals surface area contributed by atoms with Crippen molar-refractivity contribution < 1.29 is 9.90 Å². The van der Waals surface area contributed by atoms with Gasteiger partial charge in [-0.1, -0.05) is 6.07 Å². The van der Waals surface area contributed by atoms with Gasteiger partial charge in [-0.25, -0.2) is 4.98 Å². The molecule has 152 valence electrons. The highest BCUT2D eigenvalue weighted by molar-refractivity contribution is 5.83. The molecule has 1 fully saturated rings. The van der Waals surface area contributed by atoms with Crippen LogP contribution in [0.2, 0.25) is 0 Å². The van der Waals surface area contributed by atoms with Crippen molar-refractivity contribution in [1.29, 1.82) is 0 Å². The van der Waals surface area contributed by atoms with E-state index in [-0.39, 0.29) is 11.7 Å². The van der Waals surface area contributed by atoms with Crippen molar-refractivity contribution in [2.45, 2.75) is 6.54 Å². The number of fused-ring (bicyclic) bond motifs is 1. The Morgan fingerprint density at radius 3 is 2.70 bits per heavy atom. The minimum Gasteiger partial charge on any atom is -0.508 e. The molecule has 0 atom stereocenters. The first-order valence-corrected chi connectivity index (χ1v) is 10.1. The van der Waals surface area contributed by atoms with Crippen molar-refractivity contribution in [3.8, 4) is 17.1 Å². The van der Waals surface area contributed by atoms with E-state index in [2.05, 4.69) is 20.9 Å². The van der Waals surface area contributed by atoms with Crippen LogP contribution in [0.5, 0.6) is 5.75 Å². The lowest BCUT2D eigenvalue weighted by atomic mass is 10.2. The molecule has 4 heterocycles. The molecule has 1 aromatic carbocycles. The summed E-state index contributed by atoms with van der Waals surface area (Å²) >= 11 is 0. The first-order valence-electron chi connectivity index (χ1n) is 10.1. The number of nitrogens with zero attached hydrogens (tertiary/aromatic N) is 4. The summed E-state index contributed by atoms with van der Waals surface area (Å²) in [6.07, 6.45) is 3.71. The third kappa shape index (κ3) is 3.50. The average molecular weight is 401 g/mol. The number of hydrogen-bond donors (Lipinski definition) is 2. The lowest BCUT2D eigenvalue weighted by Gasteiger charge is -2.36. The number of aromatic amines is 1. The summed E-state index contributed by atoms with van der Waals surface area (Å²) in [5.74, 6) is 0.371. The molecule has 2 N–H and O–H groups in total. The number of aromatic hydroxyl groups is 1. The average Bonchev–Trinajstić information content (AvgIpc) is 3.40. The van der Waals surface area contributed by atoms with Gasteiger partial charge in [0, 0.05) is 55.7 Å². The second-order valence-electron chi connectivity index (χ2n) is 7.53. The van der Waals surface area contributed by atoms with Crippen LogP contribution in [-0.2, 0) is 11.3 Å². The number of nitrogens with one attached hydrogen (secondary N) is 1. The van der Waals surface area contributed by atoms with Crippen molar-refractivity contribution in [2.24, 2.45) is 0 Å². The number of benzene rings is 1. The molecule has 0 radical (unpaired) electrons. The largest absolute Gasteiger partial charge is 0.508 e. The van der Waals surface area contributed by atoms with Crippen molar-refractivity contribution in [3.63, 3.8) is 0 Å². The standard InChI is InChI=1S/C23H23N5O2/c29-19-6-1-5-18(15-19)26-10-12-27(13-11-26)22(30)16-28-9-3-7-21(28)20-14-17-4-2-8-24-23(17)25-20/h1-9,14-15,29H,10-13,16H2,(H,24,25). The molecule has 0 saturated carbocycles. The van der Waals surface area contributed by atoms with Crippen molar-refractivity contribution in [2.75, 3.05) is 31.1 Å². The Morgan fingerprint density at radius 2 is 1.90 bits per heavy atom. The molecule has 0 unspecified atom stereocenters. The number of anilines is 1. The lowest BCUT2D eigenvalue weighted by Crippen LogP contribution is -2.49. The van der Waals surface area contributed by atoms with Gasteiger partial charge in [-0.3, -0.25) is 4.79 Å². The van der Waals surface area contributed by atoms with E-state index < -0.39 is 0 Å². The molecule has 1 aliphatic rings. The van der Waals surface area contributed by atoms with Crippen LogP contribution >= 0.6 is 0 Å². The molecule has 0 bridgehead atoms. The first kappa shape index (κ1) is 18.3. The molecule has 0 aliphatic carbocycles. The molecule has 5 rings (SSSR count). The van der Waals surface area contributed by atoms with Gasteiger partial charge in [-0.2, -0.15) is 0 Å². The topological polar surface area (TPSA) is 77.4 Å². The highest BCUT2D eigenvalue weighted by Crippen LogP contribution is 2.24. The van der Waals surface area contributed by atoms with E-state index in [0.717, 1.165) is 41.2 Å². The minimum absolute atomic E-state index is 0.109. The smallest absolute Gasteiger partial charge is 0.242 e. The van der Waals surface area contributed by atoms with Crippen LogP contribution in [0.4, 0.5) is 5.69 Å². The number of piperazine rings is 1. The molecule has 1 saturated heterocycles. The van der Waals surface area contributed by atoms with E-state index in [4.69, 9.17) is 0 Å². The van der Waals surface area contributed by atoms with Gasteiger partial charge in [0.15, 0.2) is 0 Å². The van der Waals surface area contributed by atoms with E-state index in [0.29, 0.717) is 19.6 Å². The zero-order chi connectivity index (χ0) is 20.5. The SMILES string of the molecule is O=C(Cn1cccc1-c1cc2cccnc2[nH]1)N1CCN(c2cccc(O)c2)CC1. The summed E-state index contributed by atoms with van der Waals surface area (Å²) in [7, 11) is 0.